The third-order valence-corrected chi connectivity index (χ3v) is 10.1. The van der Waals surface area contributed by atoms with E-state index in [0.717, 1.165) is 61.4 Å². The Labute approximate surface area is 154 Å². The van der Waals surface area contributed by atoms with Crippen LogP contribution in [0.2, 0.25) is 0 Å². The van der Waals surface area contributed by atoms with E-state index in [1.165, 1.54) is 44.9 Å². The lowest BCUT2D eigenvalue weighted by Gasteiger charge is -2.57. The normalized spacial score (nSPS) is 60.5. The quantitative estimate of drug-likeness (QED) is 0.698. The first-order chi connectivity index (χ1) is 11.9. The summed E-state index contributed by atoms with van der Waals surface area (Å²) in [7, 11) is 0. The van der Waals surface area contributed by atoms with Crippen LogP contribution in [0.15, 0.2) is 0 Å². The van der Waals surface area contributed by atoms with E-state index < -0.39 is 0 Å². The molecule has 1 unspecified atom stereocenters. The Hall–Kier alpha value is -0.0800. The van der Waals surface area contributed by atoms with Gasteiger partial charge < -0.3 is 9.84 Å². The van der Waals surface area contributed by atoms with Gasteiger partial charge in [-0.05, 0) is 112 Å². The van der Waals surface area contributed by atoms with Crippen LogP contribution in [0.4, 0.5) is 0 Å². The molecule has 2 heteroatoms. The van der Waals surface area contributed by atoms with E-state index in [4.69, 9.17) is 4.74 Å². The summed E-state index contributed by atoms with van der Waals surface area (Å²) in [6, 6.07) is 0. The maximum atomic E-state index is 10.8. The summed E-state index contributed by atoms with van der Waals surface area (Å²) >= 11 is 0. The third-order valence-electron chi connectivity index (χ3n) is 10.1. The van der Waals surface area contributed by atoms with Gasteiger partial charge in [-0.1, -0.05) is 13.8 Å². The van der Waals surface area contributed by atoms with Crippen molar-refractivity contribution in [1.82, 2.24) is 0 Å². The van der Waals surface area contributed by atoms with Gasteiger partial charge in [-0.25, -0.2) is 0 Å². The molecule has 0 radical (unpaired) electrons. The first kappa shape index (κ1) is 17.0. The summed E-state index contributed by atoms with van der Waals surface area (Å²) in [5, 5.41) is 10.8. The predicted octanol–water partition coefficient (Wildman–Crippen LogP) is 5.19. The second kappa shape index (κ2) is 5.47. The standard InChI is InChI=1S/C23H38O2/c1-4-23(24)12-10-16-15(13-23)5-6-18-17(16)9-11-21(2)19(18)7-8-20(21)22(3)14-25-22/h15-20,24H,4-14H2,1-3H3/t15-,16+,17-,18-,19+,20+,21+,22?,23-/m1/s1. The van der Waals surface area contributed by atoms with Gasteiger partial charge in [-0.2, -0.15) is 0 Å². The van der Waals surface area contributed by atoms with Crippen LogP contribution in [0.1, 0.15) is 85.0 Å². The molecule has 142 valence electrons. The summed E-state index contributed by atoms with van der Waals surface area (Å²) in [4.78, 5) is 0. The number of ether oxygens (including phenoxy) is 1. The van der Waals surface area contributed by atoms with Crippen LogP contribution in [0, 0.1) is 40.9 Å². The minimum Gasteiger partial charge on any atom is -0.390 e. The minimum atomic E-state index is -0.340. The molecular weight excluding hydrogens is 308 g/mol. The van der Waals surface area contributed by atoms with E-state index in [9.17, 15) is 5.11 Å². The molecule has 0 aromatic rings. The molecule has 5 aliphatic rings. The van der Waals surface area contributed by atoms with Gasteiger partial charge in [-0.15, -0.1) is 0 Å². The van der Waals surface area contributed by atoms with Gasteiger partial charge in [0.25, 0.3) is 0 Å². The Bertz CT molecular complexity index is 540. The van der Waals surface area contributed by atoms with Crippen LogP contribution in [0.3, 0.4) is 0 Å². The van der Waals surface area contributed by atoms with E-state index in [2.05, 4.69) is 20.8 Å². The van der Waals surface area contributed by atoms with Gasteiger partial charge in [0.2, 0.25) is 0 Å². The van der Waals surface area contributed by atoms with Crippen molar-refractivity contribution >= 4 is 0 Å². The van der Waals surface area contributed by atoms with Gasteiger partial charge >= 0.3 is 0 Å². The van der Waals surface area contributed by atoms with Gasteiger partial charge in [0.1, 0.15) is 0 Å². The molecule has 0 aromatic heterocycles. The van der Waals surface area contributed by atoms with Crippen molar-refractivity contribution in [3.05, 3.63) is 0 Å². The van der Waals surface area contributed by atoms with Crippen LogP contribution in [-0.2, 0) is 4.74 Å². The largest absolute Gasteiger partial charge is 0.390 e. The Morgan fingerprint density at radius 1 is 0.920 bits per heavy atom. The van der Waals surface area contributed by atoms with Gasteiger partial charge in [0.15, 0.2) is 0 Å². The van der Waals surface area contributed by atoms with Crippen molar-refractivity contribution in [1.29, 1.82) is 0 Å². The lowest BCUT2D eigenvalue weighted by atomic mass is 9.48. The molecule has 5 rings (SSSR count). The SMILES string of the molecule is CC[C@@]1(O)CC[C@H]2[C@H](CC[C@@H]3[C@@H]2CC[C@]2(C)[C@@H](C4(C)CO4)CC[C@@H]32)C1. The third kappa shape index (κ3) is 2.42. The molecule has 4 saturated carbocycles. The maximum Gasteiger partial charge on any atom is 0.0921 e. The number of fused-ring (bicyclic) bond motifs is 5. The molecule has 1 aliphatic heterocycles. The van der Waals surface area contributed by atoms with Crippen molar-refractivity contribution in [3.63, 3.8) is 0 Å². The predicted molar refractivity (Wildman–Crippen MR) is 100 cm³/mol. The van der Waals surface area contributed by atoms with Crippen molar-refractivity contribution in [2.24, 2.45) is 40.9 Å². The first-order valence-corrected chi connectivity index (χ1v) is 11.2. The average Bonchev–Trinajstić information content (AvgIpc) is 3.23. The van der Waals surface area contributed by atoms with Crippen molar-refractivity contribution in [2.75, 3.05) is 6.61 Å². The van der Waals surface area contributed by atoms with Gasteiger partial charge in [0, 0.05) is 0 Å². The average molecular weight is 347 g/mol. The second-order valence-electron chi connectivity index (χ2n) is 11.0. The minimum absolute atomic E-state index is 0.218. The highest BCUT2D eigenvalue weighted by Crippen LogP contribution is 2.67. The maximum absolute atomic E-state index is 10.8. The van der Waals surface area contributed by atoms with E-state index >= 15 is 0 Å². The highest BCUT2D eigenvalue weighted by atomic mass is 16.6. The van der Waals surface area contributed by atoms with Crippen LogP contribution in [0.5, 0.6) is 0 Å². The van der Waals surface area contributed by atoms with Gasteiger partial charge in [-0.3, -0.25) is 0 Å². The van der Waals surface area contributed by atoms with Crippen molar-refractivity contribution in [2.45, 2.75) is 96.2 Å². The van der Waals surface area contributed by atoms with Crippen LogP contribution in [0.25, 0.3) is 0 Å². The zero-order valence-electron chi connectivity index (χ0n) is 16.6. The van der Waals surface area contributed by atoms with E-state index in [0.29, 0.717) is 5.41 Å². The molecule has 9 atom stereocenters. The van der Waals surface area contributed by atoms with Gasteiger partial charge in [0.05, 0.1) is 17.8 Å². The highest BCUT2D eigenvalue weighted by Gasteiger charge is 2.63. The second-order valence-corrected chi connectivity index (χ2v) is 11.0. The van der Waals surface area contributed by atoms with Crippen molar-refractivity contribution in [3.8, 4) is 0 Å². The number of epoxide rings is 1. The zero-order chi connectivity index (χ0) is 17.4. The lowest BCUT2D eigenvalue weighted by Crippen LogP contribution is -2.51. The lowest BCUT2D eigenvalue weighted by molar-refractivity contribution is -0.110. The summed E-state index contributed by atoms with van der Waals surface area (Å²) in [5.41, 5.74) is 0.418. The Kier molecular flexibility index (Phi) is 3.73. The molecular formula is C23H38O2. The highest BCUT2D eigenvalue weighted by molar-refractivity contribution is 5.12. The Morgan fingerprint density at radius 2 is 1.68 bits per heavy atom. The molecule has 1 saturated heterocycles. The van der Waals surface area contributed by atoms with Crippen LogP contribution >= 0.6 is 0 Å². The first-order valence-electron chi connectivity index (χ1n) is 11.2. The Morgan fingerprint density at radius 3 is 2.40 bits per heavy atom. The van der Waals surface area contributed by atoms with Crippen LogP contribution < -0.4 is 0 Å². The fourth-order valence-electron chi connectivity index (χ4n) is 8.60. The molecule has 0 amide bonds. The zero-order valence-corrected chi connectivity index (χ0v) is 16.6. The number of hydrogen-bond acceptors (Lipinski definition) is 2. The Balaban J connectivity index is 1.36. The molecule has 0 spiro atoms. The molecule has 1 N–H and O–H groups in total. The fourth-order valence-corrected chi connectivity index (χ4v) is 8.60. The number of aliphatic hydroxyl groups is 1. The van der Waals surface area contributed by atoms with Crippen molar-refractivity contribution < 1.29 is 9.84 Å². The number of rotatable bonds is 2. The molecule has 0 aromatic carbocycles. The summed E-state index contributed by atoms with van der Waals surface area (Å²) < 4.78 is 5.92. The molecule has 25 heavy (non-hydrogen) atoms. The molecule has 1 heterocycles. The molecule has 4 aliphatic carbocycles. The van der Waals surface area contributed by atoms with Crippen LogP contribution in [-0.4, -0.2) is 22.9 Å². The van der Waals surface area contributed by atoms with E-state index in [1.807, 2.05) is 0 Å². The van der Waals surface area contributed by atoms with E-state index in [-0.39, 0.29) is 11.2 Å². The smallest absolute Gasteiger partial charge is 0.0921 e. The molecule has 0 bridgehead atoms. The fraction of sp³-hybridized carbons (Fsp3) is 1.00. The topological polar surface area (TPSA) is 32.8 Å². The molecule has 5 fully saturated rings. The molecule has 2 nitrogen and oxygen atoms in total. The monoisotopic (exact) mass is 346 g/mol. The summed E-state index contributed by atoms with van der Waals surface area (Å²) in [5.74, 6) is 5.42. The number of hydrogen-bond donors (Lipinski definition) is 1. The summed E-state index contributed by atoms with van der Waals surface area (Å²) in [6.45, 7) is 8.19. The van der Waals surface area contributed by atoms with E-state index in [1.54, 1.807) is 0 Å². The summed E-state index contributed by atoms with van der Waals surface area (Å²) in [6.07, 6.45) is 13.0.